The summed E-state index contributed by atoms with van der Waals surface area (Å²) in [4.78, 5) is 6.98. The number of amidine groups is 1. The van der Waals surface area contributed by atoms with Crippen LogP contribution in [0.2, 0.25) is 0 Å². The Labute approximate surface area is 114 Å². The summed E-state index contributed by atoms with van der Waals surface area (Å²) in [6.07, 6.45) is 1.00. The second-order valence-corrected chi connectivity index (χ2v) is 4.91. The van der Waals surface area contributed by atoms with E-state index in [1.807, 2.05) is 6.07 Å². The van der Waals surface area contributed by atoms with Crippen molar-refractivity contribution >= 4 is 11.5 Å². The summed E-state index contributed by atoms with van der Waals surface area (Å²) in [6, 6.07) is 20.9. The third-order valence-electron chi connectivity index (χ3n) is 3.84. The highest BCUT2D eigenvalue weighted by atomic mass is 15.3. The molecular weight excluding hydrogens is 232 g/mol. The molecule has 2 nitrogen and oxygen atoms in total. The monoisotopic (exact) mass is 250 g/mol. The van der Waals surface area contributed by atoms with Crippen LogP contribution < -0.4 is 4.90 Å². The second kappa shape index (κ2) is 4.54. The Morgan fingerprint density at radius 2 is 1.53 bits per heavy atom. The highest BCUT2D eigenvalue weighted by molar-refractivity contribution is 6.14. The molecule has 0 aromatic heterocycles. The van der Waals surface area contributed by atoms with Crippen LogP contribution in [0.15, 0.2) is 65.7 Å². The summed E-state index contributed by atoms with van der Waals surface area (Å²) < 4.78 is 0. The standard InChI is InChI=1S/C17H18N2/c1-3-17(14-10-6-4-7-11-14)16(18-17)19(2)15-12-8-5-9-13-15/h4-13H,3H2,1-2H3. The maximum absolute atomic E-state index is 4.79. The van der Waals surface area contributed by atoms with E-state index in [0.29, 0.717) is 0 Å². The van der Waals surface area contributed by atoms with Crippen molar-refractivity contribution in [3.8, 4) is 0 Å². The topological polar surface area (TPSA) is 15.6 Å². The van der Waals surface area contributed by atoms with Gasteiger partial charge in [-0.05, 0) is 24.1 Å². The summed E-state index contributed by atoms with van der Waals surface area (Å²) in [7, 11) is 2.09. The van der Waals surface area contributed by atoms with Gasteiger partial charge in [-0.25, -0.2) is 4.99 Å². The lowest BCUT2D eigenvalue weighted by atomic mass is 9.93. The lowest BCUT2D eigenvalue weighted by Gasteiger charge is -2.20. The number of hydrogen-bond acceptors (Lipinski definition) is 2. The lowest BCUT2D eigenvalue weighted by molar-refractivity contribution is 0.676. The Morgan fingerprint density at radius 1 is 0.947 bits per heavy atom. The zero-order valence-electron chi connectivity index (χ0n) is 11.4. The van der Waals surface area contributed by atoms with Crippen molar-refractivity contribution in [2.75, 3.05) is 11.9 Å². The highest BCUT2D eigenvalue weighted by Gasteiger charge is 2.49. The largest absolute Gasteiger partial charge is 0.331 e. The molecule has 0 aliphatic carbocycles. The van der Waals surface area contributed by atoms with Crippen molar-refractivity contribution in [3.63, 3.8) is 0 Å². The molecule has 0 amide bonds. The van der Waals surface area contributed by atoms with Crippen LogP contribution in [0.5, 0.6) is 0 Å². The summed E-state index contributed by atoms with van der Waals surface area (Å²) in [5.74, 6) is 1.16. The summed E-state index contributed by atoms with van der Waals surface area (Å²) >= 11 is 0. The molecule has 2 aromatic rings. The van der Waals surface area contributed by atoms with Crippen LogP contribution in [0.1, 0.15) is 18.9 Å². The van der Waals surface area contributed by atoms with Crippen LogP contribution in [-0.2, 0) is 5.54 Å². The van der Waals surface area contributed by atoms with Gasteiger partial charge in [0.2, 0.25) is 0 Å². The molecule has 2 aromatic carbocycles. The average molecular weight is 250 g/mol. The minimum atomic E-state index is -0.105. The van der Waals surface area contributed by atoms with Gasteiger partial charge >= 0.3 is 0 Å². The zero-order valence-corrected chi connectivity index (χ0v) is 11.4. The Bertz CT molecular complexity index is 589. The first kappa shape index (κ1) is 12.0. The van der Waals surface area contributed by atoms with Gasteiger partial charge < -0.3 is 4.90 Å². The zero-order chi connectivity index (χ0) is 13.3. The third kappa shape index (κ3) is 1.93. The van der Waals surface area contributed by atoms with Crippen molar-refractivity contribution in [1.29, 1.82) is 0 Å². The summed E-state index contributed by atoms with van der Waals surface area (Å²) in [5, 5.41) is 0. The van der Waals surface area contributed by atoms with E-state index < -0.39 is 0 Å². The number of hydrogen-bond donors (Lipinski definition) is 0. The average Bonchev–Trinajstić information content (AvgIpc) is 3.24. The Balaban J connectivity index is 1.87. The first-order chi connectivity index (χ1) is 9.28. The van der Waals surface area contributed by atoms with E-state index in [1.54, 1.807) is 0 Å². The molecule has 0 fully saturated rings. The highest BCUT2D eigenvalue weighted by Crippen LogP contribution is 2.44. The molecule has 3 rings (SSSR count). The van der Waals surface area contributed by atoms with E-state index in [2.05, 4.69) is 73.5 Å². The van der Waals surface area contributed by atoms with Gasteiger partial charge in [0, 0.05) is 12.7 Å². The van der Waals surface area contributed by atoms with Gasteiger partial charge in [0.1, 0.15) is 11.4 Å². The second-order valence-electron chi connectivity index (χ2n) is 4.91. The Kier molecular flexibility index (Phi) is 2.86. The molecule has 2 heteroatoms. The van der Waals surface area contributed by atoms with Crippen molar-refractivity contribution in [2.24, 2.45) is 4.99 Å². The minimum Gasteiger partial charge on any atom is -0.331 e. The molecule has 96 valence electrons. The van der Waals surface area contributed by atoms with Crippen LogP contribution in [-0.4, -0.2) is 12.9 Å². The number of para-hydroxylation sites is 1. The quantitative estimate of drug-likeness (QED) is 0.808. The molecule has 0 bridgehead atoms. The third-order valence-corrected chi connectivity index (χ3v) is 3.84. The molecule has 0 N–H and O–H groups in total. The number of benzene rings is 2. The van der Waals surface area contributed by atoms with Gasteiger partial charge in [0.25, 0.3) is 0 Å². The first-order valence-electron chi connectivity index (χ1n) is 6.72. The van der Waals surface area contributed by atoms with E-state index in [0.717, 1.165) is 12.3 Å². The van der Waals surface area contributed by atoms with E-state index >= 15 is 0 Å². The van der Waals surface area contributed by atoms with E-state index in [1.165, 1.54) is 11.3 Å². The maximum Gasteiger partial charge on any atom is 0.145 e. The minimum absolute atomic E-state index is 0.105. The maximum atomic E-state index is 4.79. The fourth-order valence-corrected chi connectivity index (χ4v) is 2.63. The molecule has 19 heavy (non-hydrogen) atoms. The fourth-order valence-electron chi connectivity index (χ4n) is 2.63. The van der Waals surface area contributed by atoms with Gasteiger partial charge in [-0.2, -0.15) is 0 Å². The van der Waals surface area contributed by atoms with E-state index in [-0.39, 0.29) is 5.54 Å². The first-order valence-corrected chi connectivity index (χ1v) is 6.72. The molecule has 0 radical (unpaired) electrons. The van der Waals surface area contributed by atoms with E-state index in [4.69, 9.17) is 4.99 Å². The Morgan fingerprint density at radius 3 is 2.11 bits per heavy atom. The van der Waals surface area contributed by atoms with Crippen LogP contribution in [0.25, 0.3) is 0 Å². The molecule has 0 saturated carbocycles. The predicted octanol–water partition coefficient (Wildman–Crippen LogP) is 3.84. The van der Waals surface area contributed by atoms with Gasteiger partial charge in [0.15, 0.2) is 0 Å². The van der Waals surface area contributed by atoms with Crippen molar-refractivity contribution in [1.82, 2.24) is 0 Å². The molecule has 1 heterocycles. The number of aliphatic imine (C=N–C) groups is 1. The lowest BCUT2D eigenvalue weighted by Crippen LogP contribution is -2.29. The number of likely N-dealkylation sites (N-methyl/N-ethyl adjacent to an activating group) is 1. The number of anilines is 1. The smallest absolute Gasteiger partial charge is 0.145 e. The van der Waals surface area contributed by atoms with Gasteiger partial charge in [-0.15, -0.1) is 0 Å². The normalized spacial score (nSPS) is 20.8. The van der Waals surface area contributed by atoms with Crippen molar-refractivity contribution in [2.45, 2.75) is 18.9 Å². The van der Waals surface area contributed by atoms with Gasteiger partial charge in [-0.1, -0.05) is 55.5 Å². The molecule has 1 atom stereocenters. The van der Waals surface area contributed by atoms with Crippen molar-refractivity contribution in [3.05, 3.63) is 66.2 Å². The Hall–Kier alpha value is -2.09. The van der Waals surface area contributed by atoms with Crippen LogP contribution in [0.3, 0.4) is 0 Å². The summed E-state index contributed by atoms with van der Waals surface area (Å²) in [5.41, 5.74) is 2.37. The number of rotatable bonds is 3. The molecule has 0 saturated heterocycles. The predicted molar refractivity (Wildman–Crippen MR) is 80.7 cm³/mol. The van der Waals surface area contributed by atoms with Gasteiger partial charge in [-0.3, -0.25) is 0 Å². The van der Waals surface area contributed by atoms with Gasteiger partial charge in [0.05, 0.1) is 0 Å². The van der Waals surface area contributed by atoms with Crippen molar-refractivity contribution < 1.29 is 0 Å². The SMILES string of the molecule is CCC1(c2ccccc2)N=C1N(C)c1ccccc1. The molecule has 1 unspecified atom stereocenters. The number of nitrogens with zero attached hydrogens (tertiary/aromatic N) is 2. The van der Waals surface area contributed by atoms with Crippen LogP contribution >= 0.6 is 0 Å². The summed E-state index contributed by atoms with van der Waals surface area (Å²) in [6.45, 7) is 2.20. The molecular formula is C17H18N2. The molecule has 1 aliphatic rings. The molecule has 1 aliphatic heterocycles. The van der Waals surface area contributed by atoms with Crippen LogP contribution in [0, 0.1) is 0 Å². The van der Waals surface area contributed by atoms with Crippen LogP contribution in [0.4, 0.5) is 5.69 Å². The van der Waals surface area contributed by atoms with E-state index in [9.17, 15) is 0 Å². The molecule has 0 spiro atoms. The fraction of sp³-hybridized carbons (Fsp3) is 0.235.